The van der Waals surface area contributed by atoms with Crippen molar-refractivity contribution in [1.29, 1.82) is 0 Å². The number of fused-ring (bicyclic) bond motifs is 1. The van der Waals surface area contributed by atoms with Crippen molar-refractivity contribution < 1.29 is 0 Å². The Hall–Kier alpha value is -1.23. The van der Waals surface area contributed by atoms with Crippen LogP contribution >= 0.6 is 22.7 Å². The maximum atomic E-state index is 4.35. The number of benzene rings is 1. The Labute approximate surface area is 133 Å². The molecule has 2 aromatic heterocycles. The molecule has 110 valence electrons. The number of aromatic nitrogens is 1. The minimum absolute atomic E-state index is 0.445. The van der Waals surface area contributed by atoms with Crippen LogP contribution in [0.15, 0.2) is 35.8 Å². The molecule has 0 amide bonds. The monoisotopic (exact) mass is 316 g/mol. The van der Waals surface area contributed by atoms with Crippen LogP contribution in [-0.2, 0) is 0 Å². The van der Waals surface area contributed by atoms with Crippen molar-refractivity contribution >= 4 is 32.9 Å². The van der Waals surface area contributed by atoms with Crippen LogP contribution in [0.4, 0.5) is 0 Å². The molecular weight excluding hydrogens is 296 g/mol. The third-order valence-electron chi connectivity index (χ3n) is 3.64. The van der Waals surface area contributed by atoms with Gasteiger partial charge in [-0.25, -0.2) is 4.98 Å². The fourth-order valence-corrected chi connectivity index (χ4v) is 4.54. The number of thiophene rings is 1. The van der Waals surface area contributed by atoms with Gasteiger partial charge in [-0.3, -0.25) is 0 Å². The first-order chi connectivity index (χ1) is 10.2. The molecule has 0 aliphatic rings. The molecular formula is C17H20N2S2. The summed E-state index contributed by atoms with van der Waals surface area (Å²) in [4.78, 5) is 7.11. The molecule has 0 saturated heterocycles. The molecule has 0 bridgehead atoms. The number of thiazole rings is 1. The Kier molecular flexibility index (Phi) is 4.38. The molecule has 0 saturated carbocycles. The minimum atomic E-state index is 0.445. The number of nitrogens with zero attached hydrogens (tertiary/aromatic N) is 1. The van der Waals surface area contributed by atoms with Crippen LogP contribution in [0, 0.1) is 5.92 Å². The van der Waals surface area contributed by atoms with Gasteiger partial charge in [0, 0.05) is 15.8 Å². The predicted molar refractivity (Wildman–Crippen MR) is 94.2 cm³/mol. The zero-order valence-corrected chi connectivity index (χ0v) is 14.2. The zero-order valence-electron chi connectivity index (χ0n) is 12.6. The van der Waals surface area contributed by atoms with Crippen molar-refractivity contribution in [3.05, 3.63) is 40.7 Å². The van der Waals surface area contributed by atoms with Gasteiger partial charge in [-0.05, 0) is 42.3 Å². The van der Waals surface area contributed by atoms with Crippen LogP contribution in [0.5, 0.6) is 0 Å². The van der Waals surface area contributed by atoms with Crippen molar-refractivity contribution in [1.82, 2.24) is 10.3 Å². The summed E-state index contributed by atoms with van der Waals surface area (Å²) in [6.45, 7) is 7.72. The van der Waals surface area contributed by atoms with Gasteiger partial charge in [0.05, 0.1) is 15.7 Å². The van der Waals surface area contributed by atoms with E-state index in [1.54, 1.807) is 11.3 Å². The molecule has 21 heavy (non-hydrogen) atoms. The van der Waals surface area contributed by atoms with Gasteiger partial charge >= 0.3 is 0 Å². The second-order valence-electron chi connectivity index (χ2n) is 5.52. The molecule has 0 spiro atoms. The average molecular weight is 316 g/mol. The second kappa shape index (κ2) is 6.26. The molecule has 0 aliphatic heterocycles. The topological polar surface area (TPSA) is 24.9 Å². The van der Waals surface area contributed by atoms with Crippen molar-refractivity contribution in [3.63, 3.8) is 0 Å². The van der Waals surface area contributed by atoms with Crippen molar-refractivity contribution in [3.8, 4) is 10.4 Å². The maximum Gasteiger partial charge on any atom is 0.0812 e. The second-order valence-corrected chi connectivity index (χ2v) is 7.52. The van der Waals surface area contributed by atoms with Gasteiger partial charge in [-0.2, -0.15) is 0 Å². The van der Waals surface area contributed by atoms with Crippen molar-refractivity contribution in [2.24, 2.45) is 5.92 Å². The van der Waals surface area contributed by atoms with Gasteiger partial charge in [0.15, 0.2) is 0 Å². The van der Waals surface area contributed by atoms with Crippen LogP contribution in [-0.4, -0.2) is 11.5 Å². The molecule has 2 heterocycles. The third kappa shape index (κ3) is 3.03. The van der Waals surface area contributed by atoms with E-state index in [-0.39, 0.29) is 0 Å². The first-order valence-electron chi connectivity index (χ1n) is 7.35. The van der Waals surface area contributed by atoms with Crippen LogP contribution in [0.3, 0.4) is 0 Å². The number of rotatable bonds is 5. The lowest BCUT2D eigenvalue weighted by Crippen LogP contribution is -2.24. The first kappa shape index (κ1) is 14.7. The van der Waals surface area contributed by atoms with E-state index in [0.29, 0.717) is 12.0 Å². The molecule has 3 aromatic rings. The molecule has 1 unspecified atom stereocenters. The largest absolute Gasteiger partial charge is 0.309 e. The van der Waals surface area contributed by atoms with Gasteiger partial charge in [-0.15, -0.1) is 22.7 Å². The van der Waals surface area contributed by atoms with Crippen LogP contribution < -0.4 is 5.32 Å². The van der Waals surface area contributed by atoms with Gasteiger partial charge < -0.3 is 5.32 Å². The van der Waals surface area contributed by atoms with E-state index >= 15 is 0 Å². The molecule has 2 nitrogen and oxygen atoms in total. The van der Waals surface area contributed by atoms with Crippen LogP contribution in [0.25, 0.3) is 20.7 Å². The van der Waals surface area contributed by atoms with E-state index < -0.39 is 0 Å². The van der Waals surface area contributed by atoms with Gasteiger partial charge in [-0.1, -0.05) is 26.8 Å². The summed E-state index contributed by atoms with van der Waals surface area (Å²) in [5.41, 5.74) is 4.30. The number of hydrogen-bond donors (Lipinski definition) is 1. The van der Waals surface area contributed by atoms with Crippen molar-refractivity contribution in [2.45, 2.75) is 26.8 Å². The molecule has 4 heteroatoms. The van der Waals surface area contributed by atoms with E-state index in [1.165, 1.54) is 20.0 Å². The molecule has 1 N–H and O–H groups in total. The minimum Gasteiger partial charge on any atom is -0.309 e. The molecule has 0 radical (unpaired) electrons. The standard InChI is InChI=1S/C17H20N2S2/c1-4-18-17(11(2)3)15-8-7-14(21-15)12-5-6-13-16(9-12)20-10-19-13/h5-11,17-18H,4H2,1-3H3. The maximum absolute atomic E-state index is 4.35. The highest BCUT2D eigenvalue weighted by Gasteiger charge is 2.17. The van der Waals surface area contributed by atoms with E-state index in [0.717, 1.165) is 12.1 Å². The average Bonchev–Trinajstić information content (AvgIpc) is 3.12. The summed E-state index contributed by atoms with van der Waals surface area (Å²) in [7, 11) is 0. The Balaban J connectivity index is 1.92. The smallest absolute Gasteiger partial charge is 0.0812 e. The van der Waals surface area contributed by atoms with Gasteiger partial charge in [0.25, 0.3) is 0 Å². The molecule has 1 aromatic carbocycles. The highest BCUT2D eigenvalue weighted by molar-refractivity contribution is 7.17. The molecule has 0 aliphatic carbocycles. The Morgan fingerprint density at radius 3 is 2.81 bits per heavy atom. The van der Waals surface area contributed by atoms with E-state index in [1.807, 2.05) is 16.8 Å². The zero-order chi connectivity index (χ0) is 14.8. The molecule has 0 fully saturated rings. The summed E-state index contributed by atoms with van der Waals surface area (Å²) in [5.74, 6) is 0.598. The quantitative estimate of drug-likeness (QED) is 0.688. The van der Waals surface area contributed by atoms with E-state index in [4.69, 9.17) is 0 Å². The lowest BCUT2D eigenvalue weighted by Gasteiger charge is -2.20. The van der Waals surface area contributed by atoms with Gasteiger partial charge in [0.2, 0.25) is 0 Å². The fraction of sp³-hybridized carbons (Fsp3) is 0.353. The highest BCUT2D eigenvalue weighted by Crippen LogP contribution is 2.35. The Morgan fingerprint density at radius 2 is 2.05 bits per heavy atom. The SMILES string of the molecule is CCNC(c1ccc(-c2ccc3ncsc3c2)s1)C(C)C. The number of nitrogens with one attached hydrogen (secondary N) is 1. The lowest BCUT2D eigenvalue weighted by atomic mass is 10.0. The van der Waals surface area contributed by atoms with Crippen molar-refractivity contribution in [2.75, 3.05) is 6.54 Å². The van der Waals surface area contributed by atoms with Crippen LogP contribution in [0.2, 0.25) is 0 Å². The molecule has 3 rings (SSSR count). The molecule has 1 atom stereocenters. The Morgan fingerprint density at radius 1 is 1.19 bits per heavy atom. The van der Waals surface area contributed by atoms with E-state index in [2.05, 4.69) is 61.4 Å². The predicted octanol–water partition coefficient (Wildman–Crippen LogP) is 5.33. The van der Waals surface area contributed by atoms with Crippen LogP contribution in [0.1, 0.15) is 31.7 Å². The highest BCUT2D eigenvalue weighted by atomic mass is 32.1. The summed E-state index contributed by atoms with van der Waals surface area (Å²) in [6, 6.07) is 11.5. The summed E-state index contributed by atoms with van der Waals surface area (Å²) in [5, 5.41) is 3.59. The lowest BCUT2D eigenvalue weighted by molar-refractivity contribution is 0.428. The van der Waals surface area contributed by atoms with Gasteiger partial charge in [0.1, 0.15) is 0 Å². The number of hydrogen-bond acceptors (Lipinski definition) is 4. The summed E-state index contributed by atoms with van der Waals surface area (Å²) in [6.07, 6.45) is 0. The first-order valence-corrected chi connectivity index (χ1v) is 9.05. The normalized spacial score (nSPS) is 13.1. The Bertz CT molecular complexity index is 727. The fourth-order valence-electron chi connectivity index (χ4n) is 2.57. The third-order valence-corrected chi connectivity index (χ3v) is 5.65. The van der Waals surface area contributed by atoms with E-state index in [9.17, 15) is 0 Å². The summed E-state index contributed by atoms with van der Waals surface area (Å²) >= 11 is 3.60. The summed E-state index contributed by atoms with van der Waals surface area (Å²) < 4.78 is 1.26.